The second-order valence-electron chi connectivity index (χ2n) is 5.98. The topological polar surface area (TPSA) is 38.3 Å². The molecule has 1 aromatic carbocycles. The Balaban J connectivity index is 1.59. The lowest BCUT2D eigenvalue weighted by molar-refractivity contribution is 0.0536. The fourth-order valence-corrected chi connectivity index (χ4v) is 3.18. The molecule has 1 amide bonds. The summed E-state index contributed by atoms with van der Waals surface area (Å²) in [6, 6.07) is 6.19. The summed E-state index contributed by atoms with van der Waals surface area (Å²) in [5.74, 6) is 0.536. The van der Waals surface area contributed by atoms with Gasteiger partial charge in [0.15, 0.2) is 0 Å². The summed E-state index contributed by atoms with van der Waals surface area (Å²) in [5.41, 5.74) is 3.60. The maximum atomic E-state index is 12.2. The molecule has 108 valence electrons. The smallest absolute Gasteiger partial charge is 0.251 e. The van der Waals surface area contributed by atoms with E-state index in [1.165, 1.54) is 24.0 Å². The van der Waals surface area contributed by atoms with E-state index in [2.05, 4.69) is 17.4 Å². The maximum absolute atomic E-state index is 12.2. The normalized spacial score (nSPS) is 22.1. The zero-order valence-electron chi connectivity index (χ0n) is 12.0. The van der Waals surface area contributed by atoms with E-state index in [1.807, 2.05) is 6.07 Å². The molecule has 3 rings (SSSR count). The average molecular weight is 273 g/mol. The first-order chi connectivity index (χ1) is 9.83. The Hall–Kier alpha value is -1.35. The van der Waals surface area contributed by atoms with Gasteiger partial charge in [-0.3, -0.25) is 4.79 Å². The molecule has 1 saturated heterocycles. The molecule has 0 saturated carbocycles. The van der Waals surface area contributed by atoms with Crippen LogP contribution < -0.4 is 5.32 Å². The molecule has 0 aromatic heterocycles. The molecule has 0 unspecified atom stereocenters. The van der Waals surface area contributed by atoms with Crippen molar-refractivity contribution in [2.45, 2.75) is 38.5 Å². The highest BCUT2D eigenvalue weighted by molar-refractivity contribution is 5.94. The van der Waals surface area contributed by atoms with Crippen LogP contribution in [0.3, 0.4) is 0 Å². The number of fused-ring (bicyclic) bond motifs is 1. The lowest BCUT2D eigenvalue weighted by atomic mass is 9.90. The molecule has 0 bridgehead atoms. The number of benzene rings is 1. The van der Waals surface area contributed by atoms with Gasteiger partial charge in [-0.1, -0.05) is 6.07 Å². The largest absolute Gasteiger partial charge is 0.381 e. The Morgan fingerprint density at radius 3 is 2.85 bits per heavy atom. The first-order valence-electron chi connectivity index (χ1n) is 7.80. The molecule has 1 aromatic rings. The minimum atomic E-state index is 0.0592. The van der Waals surface area contributed by atoms with Gasteiger partial charge >= 0.3 is 0 Å². The highest BCUT2D eigenvalue weighted by Crippen LogP contribution is 2.22. The quantitative estimate of drug-likeness (QED) is 0.919. The summed E-state index contributed by atoms with van der Waals surface area (Å²) in [6.07, 6.45) is 7.07. The van der Waals surface area contributed by atoms with Crippen LogP contribution in [0.5, 0.6) is 0 Å². The molecule has 1 N–H and O–H groups in total. The molecule has 1 fully saturated rings. The van der Waals surface area contributed by atoms with E-state index in [4.69, 9.17) is 4.74 Å². The fourth-order valence-electron chi connectivity index (χ4n) is 3.18. The zero-order chi connectivity index (χ0) is 13.8. The number of carbonyl (C=O) groups is 1. The van der Waals surface area contributed by atoms with Gasteiger partial charge in [0.2, 0.25) is 0 Å². The number of amides is 1. The summed E-state index contributed by atoms with van der Waals surface area (Å²) < 4.78 is 5.44. The summed E-state index contributed by atoms with van der Waals surface area (Å²) in [6.45, 7) is 2.38. The van der Waals surface area contributed by atoms with Crippen molar-refractivity contribution < 1.29 is 9.53 Å². The molecular formula is C17H23NO2. The summed E-state index contributed by atoms with van der Waals surface area (Å²) >= 11 is 0. The van der Waals surface area contributed by atoms with Crippen LogP contribution in [-0.2, 0) is 17.6 Å². The number of hydrogen-bond acceptors (Lipinski definition) is 2. The van der Waals surface area contributed by atoms with Crippen LogP contribution in [0.4, 0.5) is 0 Å². The molecule has 3 heteroatoms. The summed E-state index contributed by atoms with van der Waals surface area (Å²) in [7, 11) is 0. The Morgan fingerprint density at radius 2 is 2.05 bits per heavy atom. The van der Waals surface area contributed by atoms with Gasteiger partial charge in [-0.25, -0.2) is 0 Å². The third kappa shape index (κ3) is 3.21. The van der Waals surface area contributed by atoms with Crippen LogP contribution in [-0.4, -0.2) is 25.7 Å². The van der Waals surface area contributed by atoms with E-state index in [9.17, 15) is 4.79 Å². The van der Waals surface area contributed by atoms with Crippen molar-refractivity contribution in [1.29, 1.82) is 0 Å². The molecule has 1 heterocycles. The number of ether oxygens (including phenoxy) is 1. The van der Waals surface area contributed by atoms with Gasteiger partial charge in [-0.05, 0) is 67.7 Å². The molecule has 1 aliphatic heterocycles. The molecule has 1 atom stereocenters. The number of aryl methyl sites for hydroxylation is 2. The minimum absolute atomic E-state index is 0.0592. The van der Waals surface area contributed by atoms with Crippen LogP contribution in [0.1, 0.15) is 47.2 Å². The third-order valence-corrected chi connectivity index (χ3v) is 4.42. The second kappa shape index (κ2) is 6.40. The van der Waals surface area contributed by atoms with Crippen molar-refractivity contribution >= 4 is 5.91 Å². The Kier molecular flexibility index (Phi) is 4.36. The van der Waals surface area contributed by atoms with Crippen molar-refractivity contribution in [1.82, 2.24) is 5.32 Å². The van der Waals surface area contributed by atoms with Crippen LogP contribution in [0.25, 0.3) is 0 Å². The highest BCUT2D eigenvalue weighted by atomic mass is 16.5. The van der Waals surface area contributed by atoms with Crippen molar-refractivity contribution in [3.63, 3.8) is 0 Å². The van der Waals surface area contributed by atoms with E-state index in [1.54, 1.807) is 0 Å². The molecular weight excluding hydrogens is 250 g/mol. The maximum Gasteiger partial charge on any atom is 0.251 e. The first kappa shape index (κ1) is 13.6. The van der Waals surface area contributed by atoms with Gasteiger partial charge < -0.3 is 10.1 Å². The van der Waals surface area contributed by atoms with E-state index < -0.39 is 0 Å². The SMILES string of the molecule is O=C(NC[C@@H]1CCCOC1)c1ccc2c(c1)CCCC2. The summed E-state index contributed by atoms with van der Waals surface area (Å²) in [4.78, 5) is 12.2. The Bertz CT molecular complexity index is 478. The number of carbonyl (C=O) groups excluding carboxylic acids is 1. The average Bonchev–Trinajstić information content (AvgIpc) is 2.53. The van der Waals surface area contributed by atoms with E-state index in [0.29, 0.717) is 5.92 Å². The van der Waals surface area contributed by atoms with Crippen molar-refractivity contribution in [3.8, 4) is 0 Å². The predicted molar refractivity (Wildman–Crippen MR) is 79.0 cm³/mol. The van der Waals surface area contributed by atoms with Gasteiger partial charge in [0.25, 0.3) is 5.91 Å². The summed E-state index contributed by atoms with van der Waals surface area (Å²) in [5, 5.41) is 3.06. The second-order valence-corrected chi connectivity index (χ2v) is 5.98. The van der Waals surface area contributed by atoms with Gasteiger partial charge in [0, 0.05) is 18.7 Å². The van der Waals surface area contributed by atoms with Crippen molar-refractivity contribution in [2.75, 3.05) is 19.8 Å². The highest BCUT2D eigenvalue weighted by Gasteiger charge is 2.16. The Labute approximate surface area is 120 Å². The third-order valence-electron chi connectivity index (χ3n) is 4.42. The van der Waals surface area contributed by atoms with E-state index >= 15 is 0 Å². The van der Waals surface area contributed by atoms with Crippen LogP contribution in [0.15, 0.2) is 18.2 Å². The Morgan fingerprint density at radius 1 is 1.20 bits per heavy atom. The zero-order valence-corrected chi connectivity index (χ0v) is 12.0. The van der Waals surface area contributed by atoms with Gasteiger partial charge in [-0.2, -0.15) is 0 Å². The lowest BCUT2D eigenvalue weighted by Crippen LogP contribution is -2.33. The molecule has 3 nitrogen and oxygen atoms in total. The number of hydrogen-bond donors (Lipinski definition) is 1. The monoisotopic (exact) mass is 273 g/mol. The molecule has 0 radical (unpaired) electrons. The molecule has 20 heavy (non-hydrogen) atoms. The van der Waals surface area contributed by atoms with Crippen LogP contribution in [0, 0.1) is 5.92 Å². The van der Waals surface area contributed by atoms with Crippen molar-refractivity contribution in [2.24, 2.45) is 5.92 Å². The van der Waals surface area contributed by atoms with Crippen molar-refractivity contribution in [3.05, 3.63) is 34.9 Å². The van der Waals surface area contributed by atoms with E-state index in [0.717, 1.165) is 51.0 Å². The first-order valence-corrected chi connectivity index (χ1v) is 7.80. The molecule has 2 aliphatic rings. The molecule has 1 aliphatic carbocycles. The van der Waals surface area contributed by atoms with Crippen LogP contribution >= 0.6 is 0 Å². The number of nitrogens with one attached hydrogen (secondary N) is 1. The minimum Gasteiger partial charge on any atom is -0.381 e. The van der Waals surface area contributed by atoms with Gasteiger partial charge in [0.05, 0.1) is 6.61 Å². The van der Waals surface area contributed by atoms with Gasteiger partial charge in [0.1, 0.15) is 0 Å². The predicted octanol–water partition coefficient (Wildman–Crippen LogP) is 2.72. The molecule has 0 spiro atoms. The lowest BCUT2D eigenvalue weighted by Gasteiger charge is -2.22. The van der Waals surface area contributed by atoms with Crippen LogP contribution in [0.2, 0.25) is 0 Å². The standard InChI is InChI=1S/C17H23NO2/c19-17(18-11-13-4-3-9-20-12-13)16-8-7-14-5-1-2-6-15(14)10-16/h7-8,10,13H,1-6,9,11-12H2,(H,18,19)/t13-/m0/s1. The van der Waals surface area contributed by atoms with Gasteiger partial charge in [-0.15, -0.1) is 0 Å². The number of rotatable bonds is 3. The fraction of sp³-hybridized carbons (Fsp3) is 0.588. The van der Waals surface area contributed by atoms with E-state index in [-0.39, 0.29) is 5.91 Å².